The quantitative estimate of drug-likeness (QED) is 0.742. The van der Waals surface area contributed by atoms with E-state index >= 15 is 0 Å². The Hall–Kier alpha value is -0.470. The van der Waals surface area contributed by atoms with Crippen molar-refractivity contribution in [2.45, 2.75) is 37.1 Å². The number of rotatable bonds is 3. The summed E-state index contributed by atoms with van der Waals surface area (Å²) < 4.78 is 77.1. The van der Waals surface area contributed by atoms with Crippen molar-refractivity contribution >= 4 is 0 Å². The van der Waals surface area contributed by atoms with Crippen LogP contribution in [0.25, 0.3) is 0 Å². The van der Waals surface area contributed by atoms with Crippen LogP contribution in [-0.4, -0.2) is 62.1 Å². The van der Waals surface area contributed by atoms with Gasteiger partial charge in [-0.2, -0.15) is 13.2 Å². The van der Waals surface area contributed by atoms with Crippen molar-refractivity contribution in [2.75, 3.05) is 32.9 Å². The lowest BCUT2D eigenvalue weighted by Crippen LogP contribution is -2.62. The van der Waals surface area contributed by atoms with Crippen LogP contribution >= 0.6 is 0 Å². The fourth-order valence-corrected chi connectivity index (χ4v) is 2.56. The molecule has 112 valence electrons. The summed E-state index contributed by atoms with van der Waals surface area (Å²) in [6.07, 6.45) is -6.31. The van der Waals surface area contributed by atoms with Gasteiger partial charge < -0.3 is 9.47 Å². The first-order valence-corrected chi connectivity index (χ1v) is 6.21. The van der Waals surface area contributed by atoms with Gasteiger partial charge in [0.1, 0.15) is 6.10 Å². The van der Waals surface area contributed by atoms with E-state index in [9.17, 15) is 22.0 Å². The summed E-state index contributed by atoms with van der Waals surface area (Å²) in [5.74, 6) is -3.94. The molecule has 0 amide bonds. The van der Waals surface area contributed by atoms with Crippen molar-refractivity contribution in [2.24, 2.45) is 0 Å². The summed E-state index contributed by atoms with van der Waals surface area (Å²) in [7, 11) is 0. The first kappa shape index (κ1) is 14.9. The molecule has 2 fully saturated rings. The highest BCUT2D eigenvalue weighted by atomic mass is 19.4. The molecular weight excluding hydrogens is 273 g/mol. The number of ether oxygens (including phenoxy) is 2. The van der Waals surface area contributed by atoms with Crippen molar-refractivity contribution in [3.8, 4) is 0 Å². The number of alkyl halides is 5. The van der Waals surface area contributed by atoms with Gasteiger partial charge >= 0.3 is 6.18 Å². The summed E-state index contributed by atoms with van der Waals surface area (Å²) in [5.41, 5.74) is 0. The van der Waals surface area contributed by atoms with Crippen LogP contribution in [-0.2, 0) is 9.47 Å². The van der Waals surface area contributed by atoms with Crippen molar-refractivity contribution in [1.29, 1.82) is 0 Å². The molecule has 0 N–H and O–H groups in total. The Kier molecular flexibility index (Phi) is 4.32. The Morgan fingerprint density at radius 2 is 1.63 bits per heavy atom. The summed E-state index contributed by atoms with van der Waals surface area (Å²) >= 11 is 0. The molecule has 0 aromatic heterocycles. The van der Waals surface area contributed by atoms with E-state index in [2.05, 4.69) is 0 Å². The molecule has 0 bridgehead atoms. The molecule has 0 aromatic rings. The van der Waals surface area contributed by atoms with Crippen LogP contribution in [0.15, 0.2) is 0 Å². The molecule has 2 rings (SSSR count). The second kappa shape index (κ2) is 5.49. The third-order valence-corrected chi connectivity index (χ3v) is 3.44. The molecule has 2 aliphatic rings. The number of hydrogen-bond acceptors (Lipinski definition) is 3. The summed E-state index contributed by atoms with van der Waals surface area (Å²) in [4.78, 5) is 0.755. The third-order valence-electron chi connectivity index (χ3n) is 3.44. The SMILES string of the molecule is FC(F)(F)C(N1CCOCC1)C(F)(F)C1CCCO1. The topological polar surface area (TPSA) is 21.7 Å². The average Bonchev–Trinajstić information content (AvgIpc) is 2.82. The molecule has 2 heterocycles. The molecule has 8 heteroatoms. The van der Waals surface area contributed by atoms with Crippen LogP contribution in [0.4, 0.5) is 22.0 Å². The number of hydrogen-bond donors (Lipinski definition) is 0. The Labute approximate surface area is 107 Å². The maximum atomic E-state index is 14.1. The summed E-state index contributed by atoms with van der Waals surface area (Å²) in [5, 5.41) is 0. The number of nitrogens with zero attached hydrogens (tertiary/aromatic N) is 1. The highest BCUT2D eigenvalue weighted by Gasteiger charge is 2.62. The number of halogens is 5. The minimum Gasteiger partial charge on any atom is -0.379 e. The highest BCUT2D eigenvalue weighted by molar-refractivity contribution is 4.98. The molecular formula is C11H16F5NO2. The van der Waals surface area contributed by atoms with Gasteiger partial charge in [0.15, 0.2) is 6.04 Å². The van der Waals surface area contributed by atoms with Gasteiger partial charge in [0.05, 0.1) is 13.2 Å². The van der Waals surface area contributed by atoms with Gasteiger partial charge in [-0.05, 0) is 12.8 Å². The lowest BCUT2D eigenvalue weighted by molar-refractivity contribution is -0.274. The van der Waals surface area contributed by atoms with Gasteiger partial charge in [-0.3, -0.25) is 4.90 Å². The Morgan fingerprint density at radius 1 is 1.00 bits per heavy atom. The Bertz CT molecular complexity index is 298. The second-order valence-corrected chi connectivity index (χ2v) is 4.77. The van der Waals surface area contributed by atoms with Gasteiger partial charge in [0, 0.05) is 19.7 Å². The fourth-order valence-electron chi connectivity index (χ4n) is 2.56. The van der Waals surface area contributed by atoms with Crippen molar-refractivity contribution in [3.05, 3.63) is 0 Å². The lowest BCUT2D eigenvalue weighted by atomic mass is 9.99. The summed E-state index contributed by atoms with van der Waals surface area (Å²) in [6, 6.07) is -2.80. The monoisotopic (exact) mass is 289 g/mol. The van der Waals surface area contributed by atoms with E-state index < -0.39 is 24.2 Å². The molecule has 2 unspecified atom stereocenters. The molecule has 2 atom stereocenters. The molecule has 2 aliphatic heterocycles. The van der Waals surface area contributed by atoms with E-state index in [1.54, 1.807) is 0 Å². The smallest absolute Gasteiger partial charge is 0.379 e. The van der Waals surface area contributed by atoms with E-state index in [0.717, 1.165) is 4.90 Å². The van der Waals surface area contributed by atoms with Crippen LogP contribution in [0.2, 0.25) is 0 Å². The maximum absolute atomic E-state index is 14.1. The Morgan fingerprint density at radius 3 is 2.11 bits per heavy atom. The number of morpholine rings is 1. The lowest BCUT2D eigenvalue weighted by Gasteiger charge is -2.41. The van der Waals surface area contributed by atoms with Crippen LogP contribution < -0.4 is 0 Å². The predicted molar refractivity (Wildman–Crippen MR) is 56.2 cm³/mol. The van der Waals surface area contributed by atoms with E-state index in [1.165, 1.54) is 0 Å². The zero-order valence-electron chi connectivity index (χ0n) is 10.3. The molecule has 0 aliphatic carbocycles. The van der Waals surface area contributed by atoms with Gasteiger partial charge in [-0.15, -0.1) is 0 Å². The fraction of sp³-hybridized carbons (Fsp3) is 1.00. The first-order valence-electron chi connectivity index (χ1n) is 6.21. The predicted octanol–water partition coefficient (Wildman–Crippen LogP) is 2.06. The molecule has 3 nitrogen and oxygen atoms in total. The summed E-state index contributed by atoms with van der Waals surface area (Å²) in [6.45, 7) is -0.130. The molecule has 0 spiro atoms. The van der Waals surface area contributed by atoms with Crippen LogP contribution in [0.1, 0.15) is 12.8 Å². The first-order chi connectivity index (χ1) is 8.83. The normalized spacial score (nSPS) is 28.6. The highest BCUT2D eigenvalue weighted by Crippen LogP contribution is 2.42. The van der Waals surface area contributed by atoms with Gasteiger partial charge in [0.2, 0.25) is 0 Å². The standard InChI is InChI=1S/C11H16F5NO2/c12-10(13,8-2-1-5-19-8)9(11(14,15)16)17-3-6-18-7-4-17/h8-9H,1-7H2. The van der Waals surface area contributed by atoms with Crippen LogP contribution in [0.3, 0.4) is 0 Å². The molecule has 2 saturated heterocycles. The van der Waals surface area contributed by atoms with E-state index in [0.29, 0.717) is 6.42 Å². The van der Waals surface area contributed by atoms with Crippen molar-refractivity contribution in [1.82, 2.24) is 4.90 Å². The molecule has 0 saturated carbocycles. The maximum Gasteiger partial charge on any atom is 0.410 e. The van der Waals surface area contributed by atoms with Crippen molar-refractivity contribution < 1.29 is 31.4 Å². The Balaban J connectivity index is 2.20. The van der Waals surface area contributed by atoms with Crippen LogP contribution in [0, 0.1) is 0 Å². The minimum absolute atomic E-state index is 0.0359. The second-order valence-electron chi connectivity index (χ2n) is 4.77. The molecule has 0 aromatic carbocycles. The zero-order chi connectivity index (χ0) is 14.1. The largest absolute Gasteiger partial charge is 0.410 e. The van der Waals surface area contributed by atoms with Crippen LogP contribution in [0.5, 0.6) is 0 Å². The van der Waals surface area contributed by atoms with Crippen molar-refractivity contribution in [3.63, 3.8) is 0 Å². The molecule has 0 radical (unpaired) electrons. The average molecular weight is 289 g/mol. The van der Waals surface area contributed by atoms with E-state index in [1.807, 2.05) is 0 Å². The minimum atomic E-state index is -4.99. The van der Waals surface area contributed by atoms with Gasteiger partial charge in [-0.25, -0.2) is 8.78 Å². The van der Waals surface area contributed by atoms with Gasteiger partial charge in [0.25, 0.3) is 5.92 Å². The third kappa shape index (κ3) is 3.17. The van der Waals surface area contributed by atoms with E-state index in [-0.39, 0.29) is 39.3 Å². The zero-order valence-corrected chi connectivity index (χ0v) is 10.3. The van der Waals surface area contributed by atoms with E-state index in [4.69, 9.17) is 9.47 Å². The molecule has 19 heavy (non-hydrogen) atoms. The van der Waals surface area contributed by atoms with Gasteiger partial charge in [-0.1, -0.05) is 0 Å².